The summed E-state index contributed by atoms with van der Waals surface area (Å²) in [6.45, 7) is 0. The van der Waals surface area contributed by atoms with Crippen molar-refractivity contribution in [1.29, 1.82) is 0 Å². The lowest BCUT2D eigenvalue weighted by Gasteiger charge is -1.92. The molecule has 0 bridgehead atoms. The molecule has 1 nitrogen and oxygen atoms in total. The molecule has 11 heavy (non-hydrogen) atoms. The van der Waals surface area contributed by atoms with Crippen LogP contribution in [0.2, 0.25) is 0 Å². The van der Waals surface area contributed by atoms with Crippen molar-refractivity contribution < 1.29 is 9.50 Å². The maximum Gasteiger partial charge on any atom is 0.189 e. The van der Waals surface area contributed by atoms with Crippen LogP contribution in [0.5, 0.6) is 5.75 Å². The molecule has 0 amide bonds. The first-order valence-corrected chi connectivity index (χ1v) is 3.38. The van der Waals surface area contributed by atoms with Crippen molar-refractivity contribution in [1.82, 2.24) is 0 Å². The van der Waals surface area contributed by atoms with Gasteiger partial charge >= 0.3 is 0 Å². The van der Waals surface area contributed by atoms with Gasteiger partial charge in [-0.15, -0.1) is 0 Å². The summed E-state index contributed by atoms with van der Waals surface area (Å²) in [6.07, 6.45) is 1.13. The summed E-state index contributed by atoms with van der Waals surface area (Å²) in [6, 6.07) is 6.17. The van der Waals surface area contributed by atoms with Gasteiger partial charge in [-0.05, 0) is 23.8 Å². The second-order valence-corrected chi connectivity index (χ2v) is 2.39. The topological polar surface area (TPSA) is 20.2 Å². The van der Waals surface area contributed by atoms with Crippen molar-refractivity contribution in [3.05, 3.63) is 35.1 Å². The van der Waals surface area contributed by atoms with E-state index in [4.69, 9.17) is 16.7 Å². The molecule has 0 heterocycles. The van der Waals surface area contributed by atoms with Crippen LogP contribution in [0.3, 0.4) is 0 Å². The van der Waals surface area contributed by atoms with Gasteiger partial charge in [0.25, 0.3) is 0 Å². The molecule has 1 rings (SSSR count). The number of phenols is 1. The van der Waals surface area contributed by atoms with Gasteiger partial charge in [0.05, 0.1) is 0 Å². The van der Waals surface area contributed by atoms with Gasteiger partial charge in [-0.3, -0.25) is 0 Å². The van der Waals surface area contributed by atoms with Crippen molar-refractivity contribution in [2.24, 2.45) is 0 Å². The SMILES string of the molecule is Oc1cccc(/C=C(\F)Cl)c1. The normalized spacial score (nSPS) is 11.6. The van der Waals surface area contributed by atoms with Crippen LogP contribution in [0.25, 0.3) is 6.08 Å². The summed E-state index contributed by atoms with van der Waals surface area (Å²) in [7, 11) is 0. The maximum atomic E-state index is 12.1. The molecule has 0 aliphatic rings. The summed E-state index contributed by atoms with van der Waals surface area (Å²) in [5.41, 5.74) is 0.539. The Morgan fingerprint density at radius 1 is 1.55 bits per heavy atom. The first-order chi connectivity index (χ1) is 5.18. The summed E-state index contributed by atoms with van der Waals surface area (Å²) in [5.74, 6) is 0.0941. The number of rotatable bonds is 1. The number of phenolic OH excluding ortho intramolecular Hbond substituents is 1. The van der Waals surface area contributed by atoms with Crippen LogP contribution in [-0.4, -0.2) is 5.11 Å². The van der Waals surface area contributed by atoms with Crippen LogP contribution in [-0.2, 0) is 0 Å². The van der Waals surface area contributed by atoms with E-state index in [1.807, 2.05) is 0 Å². The fourth-order valence-electron chi connectivity index (χ4n) is 0.741. The number of hydrogen-bond acceptors (Lipinski definition) is 1. The van der Waals surface area contributed by atoms with Gasteiger partial charge in [-0.2, -0.15) is 4.39 Å². The van der Waals surface area contributed by atoms with E-state index in [2.05, 4.69) is 0 Å². The van der Waals surface area contributed by atoms with Crippen molar-refractivity contribution in [3.63, 3.8) is 0 Å². The fourth-order valence-corrected chi connectivity index (χ4v) is 0.867. The molecule has 1 aromatic rings. The molecule has 0 aliphatic carbocycles. The zero-order valence-electron chi connectivity index (χ0n) is 5.59. The minimum Gasteiger partial charge on any atom is -0.508 e. The first-order valence-electron chi connectivity index (χ1n) is 3.00. The van der Waals surface area contributed by atoms with Gasteiger partial charge < -0.3 is 5.11 Å². The monoisotopic (exact) mass is 172 g/mol. The highest BCUT2D eigenvalue weighted by atomic mass is 35.5. The lowest BCUT2D eigenvalue weighted by Crippen LogP contribution is -1.70. The lowest BCUT2D eigenvalue weighted by molar-refractivity contribution is 0.475. The standard InChI is InChI=1S/C8H6ClFO/c9-8(10)5-6-2-1-3-7(11)4-6/h1-5,11H/b8-5-. The van der Waals surface area contributed by atoms with Crippen LogP contribution in [0.4, 0.5) is 4.39 Å². The molecule has 1 N–H and O–H groups in total. The van der Waals surface area contributed by atoms with Gasteiger partial charge in [0.1, 0.15) is 5.75 Å². The zero-order valence-corrected chi connectivity index (χ0v) is 6.35. The Balaban J connectivity index is 2.97. The molecular weight excluding hydrogens is 167 g/mol. The summed E-state index contributed by atoms with van der Waals surface area (Å²) in [5, 5.41) is 8.14. The minimum absolute atomic E-state index is 0.0941. The van der Waals surface area contributed by atoms with Crippen molar-refractivity contribution >= 4 is 17.7 Å². The third-order valence-corrected chi connectivity index (χ3v) is 1.26. The average molecular weight is 173 g/mol. The lowest BCUT2D eigenvalue weighted by atomic mass is 10.2. The molecule has 0 aliphatic heterocycles. The predicted octanol–water partition coefficient (Wildman–Crippen LogP) is 2.90. The molecule has 0 aromatic heterocycles. The van der Waals surface area contributed by atoms with Crippen LogP contribution < -0.4 is 0 Å². The third kappa shape index (κ3) is 2.60. The van der Waals surface area contributed by atoms with Crippen LogP contribution in [0.15, 0.2) is 29.6 Å². The molecule has 0 saturated heterocycles. The Bertz CT molecular complexity index is 279. The van der Waals surface area contributed by atoms with Crippen LogP contribution in [0.1, 0.15) is 5.56 Å². The Hall–Kier alpha value is -1.02. The second-order valence-electron chi connectivity index (χ2n) is 2.03. The average Bonchev–Trinajstić information content (AvgIpc) is 1.85. The highest BCUT2D eigenvalue weighted by Crippen LogP contribution is 2.15. The molecule has 0 spiro atoms. The highest BCUT2D eigenvalue weighted by molar-refractivity contribution is 6.30. The van der Waals surface area contributed by atoms with Crippen molar-refractivity contribution in [2.45, 2.75) is 0 Å². The molecule has 0 saturated carbocycles. The predicted molar refractivity (Wildman–Crippen MR) is 43.0 cm³/mol. The summed E-state index contributed by atoms with van der Waals surface area (Å²) in [4.78, 5) is 0. The van der Waals surface area contributed by atoms with E-state index in [1.165, 1.54) is 12.1 Å². The summed E-state index contributed by atoms with van der Waals surface area (Å²) < 4.78 is 12.1. The van der Waals surface area contributed by atoms with E-state index in [9.17, 15) is 4.39 Å². The van der Waals surface area contributed by atoms with E-state index < -0.39 is 5.29 Å². The van der Waals surface area contributed by atoms with Crippen molar-refractivity contribution in [3.8, 4) is 5.75 Å². The first kappa shape index (κ1) is 8.08. The van der Waals surface area contributed by atoms with E-state index in [0.717, 1.165) is 6.08 Å². The molecular formula is C8H6ClFO. The maximum absolute atomic E-state index is 12.1. The Morgan fingerprint density at radius 2 is 2.27 bits per heavy atom. The van der Waals surface area contributed by atoms with Gasteiger partial charge in [0, 0.05) is 0 Å². The number of benzene rings is 1. The molecule has 0 radical (unpaired) electrons. The van der Waals surface area contributed by atoms with Crippen molar-refractivity contribution in [2.75, 3.05) is 0 Å². The smallest absolute Gasteiger partial charge is 0.189 e. The Kier molecular flexibility index (Phi) is 2.49. The number of halogens is 2. The van der Waals surface area contributed by atoms with Gasteiger partial charge in [0.15, 0.2) is 5.29 Å². The second kappa shape index (κ2) is 3.39. The third-order valence-electron chi connectivity index (χ3n) is 1.15. The Morgan fingerprint density at radius 3 is 2.82 bits per heavy atom. The van der Waals surface area contributed by atoms with Gasteiger partial charge in [-0.1, -0.05) is 23.7 Å². The van der Waals surface area contributed by atoms with E-state index in [0.29, 0.717) is 5.56 Å². The van der Waals surface area contributed by atoms with Gasteiger partial charge in [0.2, 0.25) is 0 Å². The largest absolute Gasteiger partial charge is 0.508 e. The van der Waals surface area contributed by atoms with Gasteiger partial charge in [-0.25, -0.2) is 0 Å². The molecule has 0 atom stereocenters. The number of aromatic hydroxyl groups is 1. The number of hydrogen-bond donors (Lipinski definition) is 1. The minimum atomic E-state index is -0.796. The highest BCUT2D eigenvalue weighted by Gasteiger charge is 1.91. The molecule has 0 unspecified atom stereocenters. The van der Waals surface area contributed by atoms with Crippen LogP contribution in [0, 0.1) is 0 Å². The van der Waals surface area contributed by atoms with E-state index >= 15 is 0 Å². The molecule has 3 heteroatoms. The fraction of sp³-hybridized carbons (Fsp3) is 0. The van der Waals surface area contributed by atoms with Crippen LogP contribution >= 0.6 is 11.6 Å². The summed E-state index contributed by atoms with van der Waals surface area (Å²) >= 11 is 4.98. The van der Waals surface area contributed by atoms with E-state index in [-0.39, 0.29) is 5.75 Å². The molecule has 1 aromatic carbocycles. The Labute approximate surface area is 68.7 Å². The molecule has 0 fully saturated rings. The van der Waals surface area contributed by atoms with E-state index in [1.54, 1.807) is 12.1 Å². The quantitative estimate of drug-likeness (QED) is 0.691. The molecule has 58 valence electrons. The zero-order chi connectivity index (χ0) is 8.27.